The summed E-state index contributed by atoms with van der Waals surface area (Å²) in [5.41, 5.74) is 0.863. The number of rotatable bonds is 4. The summed E-state index contributed by atoms with van der Waals surface area (Å²) in [6.07, 6.45) is 0.528. The molecule has 0 radical (unpaired) electrons. The van der Waals surface area contributed by atoms with Gasteiger partial charge in [0.25, 0.3) is 5.91 Å². The number of carboxylic acids is 1. The van der Waals surface area contributed by atoms with E-state index in [0.29, 0.717) is 18.9 Å². The standard InChI is InChI=1S/C17H18N2O4/c20-15(19-17(16(21)22)8-10-23-11-9-17)14-7-6-13(18-14)12-4-2-1-3-5-12/h1-7,18H,8-11H2,(H,19,20)(H,21,22). The summed E-state index contributed by atoms with van der Waals surface area (Å²) in [7, 11) is 0. The molecule has 0 spiro atoms. The van der Waals surface area contributed by atoms with Crippen molar-refractivity contribution in [3.63, 3.8) is 0 Å². The first-order valence-electron chi connectivity index (χ1n) is 7.49. The van der Waals surface area contributed by atoms with E-state index in [4.69, 9.17) is 4.74 Å². The fraction of sp³-hybridized carbons (Fsp3) is 0.294. The van der Waals surface area contributed by atoms with Crippen LogP contribution in [0.5, 0.6) is 0 Å². The molecule has 2 heterocycles. The third-order valence-corrected chi connectivity index (χ3v) is 4.12. The van der Waals surface area contributed by atoms with Gasteiger partial charge < -0.3 is 20.1 Å². The van der Waals surface area contributed by atoms with Gasteiger partial charge in [0.2, 0.25) is 0 Å². The number of aromatic amines is 1. The normalized spacial score (nSPS) is 16.7. The first-order chi connectivity index (χ1) is 11.1. The molecular formula is C17H18N2O4. The van der Waals surface area contributed by atoms with Gasteiger partial charge in [-0.15, -0.1) is 0 Å². The SMILES string of the molecule is O=C(NC1(C(=O)O)CCOCC1)c1ccc(-c2ccccc2)[nH]1. The number of benzene rings is 1. The molecule has 0 bridgehead atoms. The molecule has 1 fully saturated rings. The van der Waals surface area contributed by atoms with Crippen LogP contribution in [-0.2, 0) is 9.53 Å². The quantitative estimate of drug-likeness (QED) is 0.805. The van der Waals surface area contributed by atoms with E-state index in [0.717, 1.165) is 11.3 Å². The number of aromatic nitrogens is 1. The summed E-state index contributed by atoms with van der Waals surface area (Å²) in [4.78, 5) is 27.0. The highest BCUT2D eigenvalue weighted by Gasteiger charge is 2.41. The van der Waals surface area contributed by atoms with Crippen LogP contribution in [0.4, 0.5) is 0 Å². The number of amides is 1. The van der Waals surface area contributed by atoms with Gasteiger partial charge in [-0.25, -0.2) is 4.79 Å². The van der Waals surface area contributed by atoms with E-state index in [9.17, 15) is 14.7 Å². The van der Waals surface area contributed by atoms with Gasteiger partial charge in [-0.3, -0.25) is 4.79 Å². The molecule has 0 atom stereocenters. The van der Waals surface area contributed by atoms with Gasteiger partial charge in [0.05, 0.1) is 0 Å². The molecule has 1 aromatic heterocycles. The Morgan fingerprint density at radius 2 is 1.78 bits per heavy atom. The van der Waals surface area contributed by atoms with Crippen LogP contribution < -0.4 is 5.32 Å². The first-order valence-corrected chi connectivity index (χ1v) is 7.49. The molecule has 1 amide bonds. The van der Waals surface area contributed by atoms with Crippen LogP contribution in [0.15, 0.2) is 42.5 Å². The molecule has 120 valence electrons. The predicted molar refractivity (Wildman–Crippen MR) is 84.1 cm³/mol. The minimum Gasteiger partial charge on any atom is -0.480 e. The molecule has 6 nitrogen and oxygen atoms in total. The number of carbonyl (C=O) groups is 2. The lowest BCUT2D eigenvalue weighted by Crippen LogP contribution is -2.57. The van der Waals surface area contributed by atoms with E-state index in [2.05, 4.69) is 10.3 Å². The average Bonchev–Trinajstić information content (AvgIpc) is 3.06. The van der Waals surface area contributed by atoms with Crippen molar-refractivity contribution in [3.05, 3.63) is 48.2 Å². The highest BCUT2D eigenvalue weighted by molar-refractivity contribution is 5.97. The van der Waals surface area contributed by atoms with Gasteiger partial charge >= 0.3 is 5.97 Å². The number of aliphatic carboxylic acids is 1. The molecule has 3 rings (SSSR count). The first kappa shape index (κ1) is 15.3. The second-order valence-corrected chi connectivity index (χ2v) is 5.61. The minimum absolute atomic E-state index is 0.264. The summed E-state index contributed by atoms with van der Waals surface area (Å²) < 4.78 is 5.20. The molecule has 2 aromatic rings. The molecule has 0 saturated carbocycles. The number of hydrogen-bond acceptors (Lipinski definition) is 3. The molecule has 1 aliphatic rings. The van der Waals surface area contributed by atoms with E-state index in [1.54, 1.807) is 6.07 Å². The van der Waals surface area contributed by atoms with Crippen LogP contribution >= 0.6 is 0 Å². The van der Waals surface area contributed by atoms with Crippen molar-refractivity contribution in [1.29, 1.82) is 0 Å². The predicted octanol–water partition coefficient (Wildman–Crippen LogP) is 2.05. The van der Waals surface area contributed by atoms with E-state index in [1.807, 2.05) is 36.4 Å². The van der Waals surface area contributed by atoms with Gasteiger partial charge in [0.1, 0.15) is 11.2 Å². The van der Waals surface area contributed by atoms with Gasteiger partial charge in [0, 0.05) is 31.7 Å². The number of nitrogens with one attached hydrogen (secondary N) is 2. The molecule has 1 saturated heterocycles. The Bertz CT molecular complexity index is 702. The van der Waals surface area contributed by atoms with E-state index in [1.165, 1.54) is 0 Å². The summed E-state index contributed by atoms with van der Waals surface area (Å²) >= 11 is 0. The molecule has 6 heteroatoms. The van der Waals surface area contributed by atoms with E-state index < -0.39 is 17.4 Å². The van der Waals surface area contributed by atoms with Crippen LogP contribution in [0.25, 0.3) is 11.3 Å². The maximum atomic E-state index is 12.4. The molecule has 3 N–H and O–H groups in total. The van der Waals surface area contributed by atoms with Crippen LogP contribution in [0.3, 0.4) is 0 Å². The van der Waals surface area contributed by atoms with Gasteiger partial charge in [-0.05, 0) is 17.7 Å². The topological polar surface area (TPSA) is 91.4 Å². The number of hydrogen-bond donors (Lipinski definition) is 3. The molecule has 23 heavy (non-hydrogen) atoms. The molecule has 1 aliphatic heterocycles. The lowest BCUT2D eigenvalue weighted by Gasteiger charge is -2.33. The van der Waals surface area contributed by atoms with Crippen molar-refractivity contribution in [2.75, 3.05) is 13.2 Å². The Hall–Kier alpha value is -2.60. The van der Waals surface area contributed by atoms with Crippen LogP contribution in [0.1, 0.15) is 23.3 Å². The van der Waals surface area contributed by atoms with E-state index >= 15 is 0 Å². The fourth-order valence-corrected chi connectivity index (χ4v) is 2.71. The fourth-order valence-electron chi connectivity index (χ4n) is 2.71. The van der Waals surface area contributed by atoms with E-state index in [-0.39, 0.29) is 12.8 Å². The maximum Gasteiger partial charge on any atom is 0.329 e. The number of ether oxygens (including phenoxy) is 1. The van der Waals surface area contributed by atoms with Crippen molar-refractivity contribution in [2.24, 2.45) is 0 Å². The second-order valence-electron chi connectivity index (χ2n) is 5.61. The Morgan fingerprint density at radius 3 is 2.43 bits per heavy atom. The number of carboxylic acid groups (broad SMARTS) is 1. The van der Waals surface area contributed by atoms with Gasteiger partial charge in [-0.1, -0.05) is 30.3 Å². The Morgan fingerprint density at radius 1 is 1.09 bits per heavy atom. The summed E-state index contributed by atoms with van der Waals surface area (Å²) in [5.74, 6) is -1.44. The number of carbonyl (C=O) groups excluding carboxylic acids is 1. The lowest BCUT2D eigenvalue weighted by molar-refractivity contribution is -0.148. The Labute approximate surface area is 133 Å². The smallest absolute Gasteiger partial charge is 0.329 e. The highest BCUT2D eigenvalue weighted by atomic mass is 16.5. The third kappa shape index (κ3) is 3.12. The largest absolute Gasteiger partial charge is 0.480 e. The summed E-state index contributed by atoms with van der Waals surface area (Å²) in [5, 5.41) is 12.2. The zero-order valence-corrected chi connectivity index (χ0v) is 12.5. The molecular weight excluding hydrogens is 296 g/mol. The van der Waals surface area contributed by atoms with Crippen LogP contribution in [0, 0.1) is 0 Å². The summed E-state index contributed by atoms with van der Waals surface area (Å²) in [6.45, 7) is 0.652. The Kier molecular flexibility index (Phi) is 4.16. The van der Waals surface area contributed by atoms with Crippen LogP contribution in [-0.4, -0.2) is 40.7 Å². The second kappa shape index (κ2) is 6.26. The monoisotopic (exact) mass is 314 g/mol. The molecule has 1 aromatic carbocycles. The van der Waals surface area contributed by atoms with Crippen molar-refractivity contribution in [3.8, 4) is 11.3 Å². The zero-order chi connectivity index (χ0) is 16.3. The maximum absolute atomic E-state index is 12.4. The van der Waals surface area contributed by atoms with Crippen molar-refractivity contribution in [2.45, 2.75) is 18.4 Å². The average molecular weight is 314 g/mol. The summed E-state index contributed by atoms with van der Waals surface area (Å²) in [6, 6.07) is 13.1. The van der Waals surface area contributed by atoms with Gasteiger partial charge in [-0.2, -0.15) is 0 Å². The molecule has 0 aliphatic carbocycles. The third-order valence-electron chi connectivity index (χ3n) is 4.12. The van der Waals surface area contributed by atoms with Crippen molar-refractivity contribution >= 4 is 11.9 Å². The van der Waals surface area contributed by atoms with Crippen molar-refractivity contribution < 1.29 is 19.4 Å². The minimum atomic E-state index is -1.26. The van der Waals surface area contributed by atoms with Crippen molar-refractivity contribution in [1.82, 2.24) is 10.3 Å². The lowest BCUT2D eigenvalue weighted by atomic mass is 9.90. The highest BCUT2D eigenvalue weighted by Crippen LogP contribution is 2.23. The van der Waals surface area contributed by atoms with Gasteiger partial charge in [0.15, 0.2) is 0 Å². The molecule has 0 unspecified atom stereocenters. The number of H-pyrrole nitrogens is 1. The van der Waals surface area contributed by atoms with Crippen LogP contribution in [0.2, 0.25) is 0 Å². The zero-order valence-electron chi connectivity index (χ0n) is 12.5. The Balaban J connectivity index is 1.78.